The van der Waals surface area contributed by atoms with Gasteiger partial charge in [-0.05, 0) is 31.4 Å². The summed E-state index contributed by atoms with van der Waals surface area (Å²) in [6.45, 7) is 2.18. The largest absolute Gasteiger partial charge is 0.323 e. The van der Waals surface area contributed by atoms with Crippen LogP contribution in [0.2, 0.25) is 5.02 Å². The molecule has 0 aliphatic heterocycles. The summed E-state index contributed by atoms with van der Waals surface area (Å²) in [6.07, 6.45) is 2.10. The number of benzene rings is 1. The molecule has 0 saturated carbocycles. The highest BCUT2D eigenvalue weighted by Crippen LogP contribution is 2.26. The molecule has 0 saturated heterocycles. The molecule has 2 rings (SSSR count). The van der Waals surface area contributed by atoms with Gasteiger partial charge in [0.15, 0.2) is 0 Å². The van der Waals surface area contributed by atoms with Gasteiger partial charge in [-0.3, -0.25) is 0 Å². The zero-order valence-corrected chi connectivity index (χ0v) is 12.1. The van der Waals surface area contributed by atoms with E-state index in [4.69, 9.17) is 23.2 Å². The molecule has 0 bridgehead atoms. The summed E-state index contributed by atoms with van der Waals surface area (Å²) in [5.74, 6) is 2.36. The maximum absolute atomic E-state index is 6.05. The molecule has 2 aromatic rings. The van der Waals surface area contributed by atoms with E-state index in [0.29, 0.717) is 11.9 Å². The highest BCUT2D eigenvalue weighted by Gasteiger charge is 2.15. The van der Waals surface area contributed by atoms with Crippen LogP contribution in [-0.4, -0.2) is 21.6 Å². The van der Waals surface area contributed by atoms with E-state index >= 15 is 0 Å². The summed E-state index contributed by atoms with van der Waals surface area (Å²) in [5, 5.41) is 0.733. The van der Waals surface area contributed by atoms with Crippen LogP contribution >= 0.6 is 35.0 Å². The number of hydrogen-bond acceptors (Lipinski definition) is 2. The molecule has 0 radical (unpaired) electrons. The molecular weight excluding hydrogens is 275 g/mol. The Morgan fingerprint density at radius 3 is 2.88 bits per heavy atom. The minimum atomic E-state index is 0.363. The molecule has 0 spiro atoms. The number of aromatic nitrogens is 2. The fourth-order valence-corrected chi connectivity index (χ4v) is 3.00. The van der Waals surface area contributed by atoms with Crippen molar-refractivity contribution in [2.75, 3.05) is 12.0 Å². The molecule has 0 aliphatic rings. The Balaban J connectivity index is 2.60. The van der Waals surface area contributed by atoms with Crippen LogP contribution in [-0.2, 0) is 5.88 Å². The average molecular weight is 289 g/mol. The predicted molar refractivity (Wildman–Crippen MR) is 77.4 cm³/mol. The van der Waals surface area contributed by atoms with Gasteiger partial charge in [0.25, 0.3) is 0 Å². The predicted octanol–water partition coefficient (Wildman–Crippen LogP) is 4.35. The number of hydrogen-bond donors (Lipinski definition) is 0. The second kappa shape index (κ2) is 5.51. The number of nitrogens with zero attached hydrogens (tertiary/aromatic N) is 2. The number of fused-ring (bicyclic) bond motifs is 1. The number of thioether (sulfide) groups is 1. The van der Waals surface area contributed by atoms with Crippen molar-refractivity contribution in [2.45, 2.75) is 18.8 Å². The van der Waals surface area contributed by atoms with E-state index in [0.717, 1.165) is 27.6 Å². The van der Waals surface area contributed by atoms with E-state index in [1.807, 2.05) is 30.0 Å². The van der Waals surface area contributed by atoms with Gasteiger partial charge in [-0.1, -0.05) is 11.6 Å². The van der Waals surface area contributed by atoms with Gasteiger partial charge in [0.05, 0.1) is 16.9 Å². The molecule has 1 unspecified atom stereocenters. The molecule has 0 aliphatic carbocycles. The van der Waals surface area contributed by atoms with Crippen molar-refractivity contribution >= 4 is 46.0 Å². The summed E-state index contributed by atoms with van der Waals surface area (Å²) in [7, 11) is 0. The first-order chi connectivity index (χ1) is 8.17. The quantitative estimate of drug-likeness (QED) is 0.779. The first kappa shape index (κ1) is 13.1. The lowest BCUT2D eigenvalue weighted by atomic mass is 10.3. The Morgan fingerprint density at radius 2 is 2.24 bits per heavy atom. The van der Waals surface area contributed by atoms with Crippen LogP contribution in [0.15, 0.2) is 18.2 Å². The minimum absolute atomic E-state index is 0.363. The molecule has 0 fully saturated rings. The van der Waals surface area contributed by atoms with E-state index in [1.54, 1.807) is 0 Å². The van der Waals surface area contributed by atoms with Crippen molar-refractivity contribution in [3.63, 3.8) is 0 Å². The Morgan fingerprint density at radius 1 is 1.47 bits per heavy atom. The molecule has 1 aromatic carbocycles. The first-order valence-corrected chi connectivity index (χ1v) is 7.69. The monoisotopic (exact) mass is 288 g/mol. The van der Waals surface area contributed by atoms with Crippen LogP contribution < -0.4 is 0 Å². The van der Waals surface area contributed by atoms with Crippen molar-refractivity contribution in [3.05, 3.63) is 29.0 Å². The van der Waals surface area contributed by atoms with E-state index in [-0.39, 0.29) is 0 Å². The van der Waals surface area contributed by atoms with Gasteiger partial charge in [0, 0.05) is 16.8 Å². The van der Waals surface area contributed by atoms with Crippen LogP contribution in [0.5, 0.6) is 0 Å². The third-order valence-electron chi connectivity index (χ3n) is 2.69. The maximum atomic E-state index is 6.05. The topological polar surface area (TPSA) is 17.8 Å². The molecule has 1 heterocycles. The van der Waals surface area contributed by atoms with E-state index < -0.39 is 0 Å². The van der Waals surface area contributed by atoms with E-state index in [2.05, 4.69) is 22.7 Å². The highest BCUT2D eigenvalue weighted by molar-refractivity contribution is 7.98. The second-order valence-electron chi connectivity index (χ2n) is 3.97. The van der Waals surface area contributed by atoms with E-state index in [1.165, 1.54) is 0 Å². The number of alkyl halides is 1. The first-order valence-electron chi connectivity index (χ1n) is 5.38. The average Bonchev–Trinajstić information content (AvgIpc) is 2.66. The lowest BCUT2D eigenvalue weighted by Crippen LogP contribution is -2.10. The highest BCUT2D eigenvalue weighted by atomic mass is 35.5. The summed E-state index contributed by atoms with van der Waals surface area (Å²) in [4.78, 5) is 4.54. The lowest BCUT2D eigenvalue weighted by Gasteiger charge is -2.15. The summed E-state index contributed by atoms with van der Waals surface area (Å²) in [5.41, 5.74) is 2.02. The third kappa shape index (κ3) is 2.56. The Hall–Kier alpha value is -0.380. The Labute approximate surface area is 115 Å². The molecule has 1 atom stereocenters. The standard InChI is InChI=1S/C12H14Cl2N2S/c1-8(7-17-2)16-11-5-9(14)3-4-10(11)15-12(16)6-13/h3-5,8H,6-7H2,1-2H3. The zero-order valence-electron chi connectivity index (χ0n) is 9.78. The molecule has 5 heteroatoms. The Kier molecular flexibility index (Phi) is 4.23. The van der Waals surface area contributed by atoms with E-state index in [9.17, 15) is 0 Å². The second-order valence-corrected chi connectivity index (χ2v) is 5.58. The molecule has 0 amide bonds. The van der Waals surface area contributed by atoms with Gasteiger partial charge in [-0.2, -0.15) is 11.8 Å². The normalized spacial score (nSPS) is 13.2. The van der Waals surface area contributed by atoms with Crippen molar-refractivity contribution in [3.8, 4) is 0 Å². The fraction of sp³-hybridized carbons (Fsp3) is 0.417. The smallest absolute Gasteiger partial charge is 0.125 e. The molecule has 17 heavy (non-hydrogen) atoms. The van der Waals surface area contributed by atoms with Crippen molar-refractivity contribution in [1.82, 2.24) is 9.55 Å². The number of rotatable bonds is 4. The van der Waals surface area contributed by atoms with Crippen molar-refractivity contribution in [2.24, 2.45) is 0 Å². The molecule has 2 nitrogen and oxygen atoms in total. The van der Waals surface area contributed by atoms with Crippen molar-refractivity contribution < 1.29 is 0 Å². The van der Waals surface area contributed by atoms with Crippen LogP contribution in [0.3, 0.4) is 0 Å². The molecule has 92 valence electrons. The van der Waals surface area contributed by atoms with Gasteiger partial charge < -0.3 is 4.57 Å². The van der Waals surface area contributed by atoms with Gasteiger partial charge in [-0.15, -0.1) is 11.6 Å². The van der Waals surface area contributed by atoms with Gasteiger partial charge in [0.1, 0.15) is 5.82 Å². The Bertz CT molecular complexity index is 524. The fourth-order valence-electron chi connectivity index (χ4n) is 2.02. The van der Waals surface area contributed by atoms with Crippen LogP contribution in [0.1, 0.15) is 18.8 Å². The maximum Gasteiger partial charge on any atom is 0.125 e. The van der Waals surface area contributed by atoms with Crippen molar-refractivity contribution in [1.29, 1.82) is 0 Å². The summed E-state index contributed by atoms with van der Waals surface area (Å²) in [6, 6.07) is 6.12. The minimum Gasteiger partial charge on any atom is -0.323 e. The zero-order chi connectivity index (χ0) is 12.4. The number of imidazole rings is 1. The van der Waals surface area contributed by atoms with Gasteiger partial charge in [0.2, 0.25) is 0 Å². The summed E-state index contributed by atoms with van der Waals surface area (Å²) < 4.78 is 2.19. The van der Waals surface area contributed by atoms with Crippen LogP contribution in [0.4, 0.5) is 0 Å². The number of halogens is 2. The van der Waals surface area contributed by atoms with Gasteiger partial charge in [-0.25, -0.2) is 4.98 Å². The SMILES string of the molecule is CSCC(C)n1c(CCl)nc2ccc(Cl)cc21. The van der Waals surface area contributed by atoms with Crippen LogP contribution in [0, 0.1) is 0 Å². The van der Waals surface area contributed by atoms with Gasteiger partial charge >= 0.3 is 0 Å². The lowest BCUT2D eigenvalue weighted by molar-refractivity contribution is 0.606. The molecular formula is C12H14Cl2N2S. The third-order valence-corrected chi connectivity index (χ3v) is 3.98. The van der Waals surface area contributed by atoms with Crippen LogP contribution in [0.25, 0.3) is 11.0 Å². The molecule has 1 aromatic heterocycles. The summed E-state index contributed by atoms with van der Waals surface area (Å²) >= 11 is 13.8. The molecule has 0 N–H and O–H groups in total.